The summed E-state index contributed by atoms with van der Waals surface area (Å²) in [5, 5.41) is 0. The van der Waals surface area contributed by atoms with Gasteiger partial charge in [-0.2, -0.15) is 0 Å². The molecule has 0 unspecified atom stereocenters. The Morgan fingerprint density at radius 1 is 1.00 bits per heavy atom. The first-order chi connectivity index (χ1) is 12.2. The van der Waals surface area contributed by atoms with E-state index in [1.165, 1.54) is 5.69 Å². The maximum atomic E-state index is 12.5. The van der Waals surface area contributed by atoms with Crippen molar-refractivity contribution < 1.29 is 4.79 Å². The van der Waals surface area contributed by atoms with E-state index in [0.29, 0.717) is 6.42 Å². The Balaban J connectivity index is 1.59. The molecule has 0 aliphatic carbocycles. The van der Waals surface area contributed by atoms with E-state index >= 15 is 0 Å². The molecule has 0 spiro atoms. The van der Waals surface area contributed by atoms with Gasteiger partial charge < -0.3 is 9.80 Å². The van der Waals surface area contributed by atoms with E-state index < -0.39 is 0 Å². The summed E-state index contributed by atoms with van der Waals surface area (Å²) in [6.07, 6.45) is 0.489. The van der Waals surface area contributed by atoms with Gasteiger partial charge in [0.25, 0.3) is 0 Å². The van der Waals surface area contributed by atoms with Crippen molar-refractivity contribution in [1.29, 1.82) is 0 Å². The van der Waals surface area contributed by atoms with Gasteiger partial charge in [-0.15, -0.1) is 0 Å². The van der Waals surface area contributed by atoms with Crippen LogP contribution in [0.15, 0.2) is 59.6 Å². The van der Waals surface area contributed by atoms with Gasteiger partial charge in [0.2, 0.25) is 5.91 Å². The molecule has 1 saturated heterocycles. The molecule has 0 atom stereocenters. The summed E-state index contributed by atoms with van der Waals surface area (Å²) >= 11 is 0. The van der Waals surface area contributed by atoms with Gasteiger partial charge in [0.05, 0.1) is 6.42 Å². The van der Waals surface area contributed by atoms with Crippen molar-refractivity contribution in [3.8, 4) is 0 Å². The second-order valence-electron chi connectivity index (χ2n) is 6.39. The van der Waals surface area contributed by atoms with Crippen LogP contribution in [0.25, 0.3) is 0 Å². The third kappa shape index (κ3) is 4.27. The smallest absolute Gasteiger partial charge is 0.227 e. The molecule has 2 aromatic carbocycles. The Labute approximate surface area is 149 Å². The molecular formula is C21H25N3O. The average molecular weight is 335 g/mol. The first-order valence-corrected chi connectivity index (χ1v) is 8.78. The number of rotatable bonds is 4. The quantitative estimate of drug-likeness (QED) is 0.805. The molecule has 1 fully saturated rings. The molecule has 1 amide bonds. The number of nitrogens with zero attached hydrogens (tertiary/aromatic N) is 3. The minimum absolute atomic E-state index is 0.216. The summed E-state index contributed by atoms with van der Waals surface area (Å²) < 4.78 is 0. The lowest BCUT2D eigenvalue weighted by molar-refractivity contribution is -0.130. The van der Waals surface area contributed by atoms with Crippen molar-refractivity contribution in [2.75, 3.05) is 38.1 Å². The summed E-state index contributed by atoms with van der Waals surface area (Å²) in [6, 6.07) is 18.4. The van der Waals surface area contributed by atoms with E-state index in [1.807, 2.05) is 49.2 Å². The second kappa shape index (κ2) is 7.97. The number of benzene rings is 2. The number of carbonyl (C=O) groups excluding carboxylic acids is 1. The van der Waals surface area contributed by atoms with Crippen LogP contribution >= 0.6 is 0 Å². The van der Waals surface area contributed by atoms with Gasteiger partial charge in [0, 0.05) is 44.6 Å². The fourth-order valence-corrected chi connectivity index (χ4v) is 3.15. The lowest BCUT2D eigenvalue weighted by atomic mass is 10.1. The molecule has 1 heterocycles. The van der Waals surface area contributed by atoms with Crippen molar-refractivity contribution in [3.63, 3.8) is 0 Å². The van der Waals surface area contributed by atoms with Crippen molar-refractivity contribution in [2.24, 2.45) is 4.99 Å². The number of hydrogen-bond donors (Lipinski definition) is 0. The van der Waals surface area contributed by atoms with Crippen LogP contribution in [-0.4, -0.2) is 49.7 Å². The summed E-state index contributed by atoms with van der Waals surface area (Å²) in [5.74, 6) is 0.216. The molecule has 4 heteroatoms. The zero-order valence-corrected chi connectivity index (χ0v) is 15.0. The molecule has 2 aromatic rings. The van der Waals surface area contributed by atoms with Crippen molar-refractivity contribution in [1.82, 2.24) is 4.90 Å². The molecule has 0 bridgehead atoms. The van der Waals surface area contributed by atoms with Crippen LogP contribution in [0.2, 0.25) is 0 Å². The Hall–Kier alpha value is -2.62. The first-order valence-electron chi connectivity index (χ1n) is 8.78. The molecule has 1 aliphatic rings. The zero-order valence-electron chi connectivity index (χ0n) is 15.0. The van der Waals surface area contributed by atoms with Crippen LogP contribution in [-0.2, 0) is 11.2 Å². The van der Waals surface area contributed by atoms with Crippen LogP contribution in [0.4, 0.5) is 5.69 Å². The second-order valence-corrected chi connectivity index (χ2v) is 6.39. The number of aliphatic imine (C=N–C) groups is 1. The highest BCUT2D eigenvalue weighted by atomic mass is 16.2. The Bertz CT molecular complexity index is 747. The van der Waals surface area contributed by atoms with Gasteiger partial charge in [0.1, 0.15) is 0 Å². The van der Waals surface area contributed by atoms with E-state index in [2.05, 4.69) is 34.2 Å². The fraction of sp³-hybridized carbons (Fsp3) is 0.333. The van der Waals surface area contributed by atoms with Crippen molar-refractivity contribution in [3.05, 3.63) is 65.7 Å². The molecule has 0 N–H and O–H groups in total. The third-order valence-corrected chi connectivity index (χ3v) is 4.80. The van der Waals surface area contributed by atoms with Gasteiger partial charge in [-0.1, -0.05) is 42.5 Å². The van der Waals surface area contributed by atoms with Crippen molar-refractivity contribution >= 4 is 17.3 Å². The summed E-state index contributed by atoms with van der Waals surface area (Å²) in [6.45, 7) is 5.31. The molecule has 0 aromatic heterocycles. The number of hydrogen-bond acceptors (Lipinski definition) is 3. The van der Waals surface area contributed by atoms with Crippen molar-refractivity contribution in [2.45, 2.75) is 13.3 Å². The Kier molecular flexibility index (Phi) is 5.49. The van der Waals surface area contributed by atoms with E-state index in [-0.39, 0.29) is 5.91 Å². The number of anilines is 1. The van der Waals surface area contributed by atoms with Gasteiger partial charge in [0.15, 0.2) is 0 Å². The fourth-order valence-electron chi connectivity index (χ4n) is 3.15. The third-order valence-electron chi connectivity index (χ3n) is 4.80. The number of piperazine rings is 1. The molecule has 25 heavy (non-hydrogen) atoms. The van der Waals surface area contributed by atoms with E-state index in [1.54, 1.807) is 0 Å². The van der Waals surface area contributed by atoms with Gasteiger partial charge in [-0.05, 0) is 30.2 Å². The van der Waals surface area contributed by atoms with E-state index in [9.17, 15) is 4.79 Å². The summed E-state index contributed by atoms with van der Waals surface area (Å²) in [4.78, 5) is 21.1. The van der Waals surface area contributed by atoms with Crippen LogP contribution < -0.4 is 4.90 Å². The van der Waals surface area contributed by atoms with Gasteiger partial charge >= 0.3 is 0 Å². The maximum absolute atomic E-state index is 12.5. The number of carbonyl (C=O) groups is 1. The normalized spacial score (nSPS) is 15.4. The van der Waals surface area contributed by atoms with E-state index in [4.69, 9.17) is 0 Å². The van der Waals surface area contributed by atoms with Gasteiger partial charge in [-0.3, -0.25) is 9.79 Å². The summed E-state index contributed by atoms with van der Waals surface area (Å²) in [7, 11) is 1.82. The highest BCUT2D eigenvalue weighted by molar-refractivity contribution is 5.99. The van der Waals surface area contributed by atoms with Gasteiger partial charge in [-0.25, -0.2) is 0 Å². The SMILES string of the molecule is CN=C(C)c1cccc(N2CCN(C(=O)Cc3ccccc3)CC2)c1. The number of amides is 1. The minimum atomic E-state index is 0.216. The molecule has 3 rings (SSSR count). The molecule has 4 nitrogen and oxygen atoms in total. The standard InChI is InChI=1S/C21H25N3O/c1-17(22-2)19-9-6-10-20(16-19)23-11-13-24(14-12-23)21(25)15-18-7-4-3-5-8-18/h3-10,16H,11-15H2,1-2H3. The summed E-state index contributed by atoms with van der Waals surface area (Å²) in [5.41, 5.74) is 4.48. The maximum Gasteiger partial charge on any atom is 0.227 e. The largest absolute Gasteiger partial charge is 0.368 e. The molecule has 0 radical (unpaired) electrons. The molecule has 1 aliphatic heterocycles. The molecule has 0 saturated carbocycles. The highest BCUT2D eigenvalue weighted by Crippen LogP contribution is 2.19. The Morgan fingerprint density at radius 3 is 2.40 bits per heavy atom. The topological polar surface area (TPSA) is 35.9 Å². The van der Waals surface area contributed by atoms with E-state index in [0.717, 1.165) is 43.0 Å². The molecular weight excluding hydrogens is 310 g/mol. The molecule has 130 valence electrons. The van der Waals surface area contributed by atoms with Crippen LogP contribution in [0.5, 0.6) is 0 Å². The highest BCUT2D eigenvalue weighted by Gasteiger charge is 2.21. The Morgan fingerprint density at radius 2 is 1.72 bits per heavy atom. The average Bonchev–Trinajstić information content (AvgIpc) is 2.68. The van der Waals surface area contributed by atoms with Crippen LogP contribution in [0.1, 0.15) is 18.1 Å². The zero-order chi connectivity index (χ0) is 17.6. The predicted molar refractivity (Wildman–Crippen MR) is 104 cm³/mol. The first kappa shape index (κ1) is 17.2. The predicted octanol–water partition coefficient (Wildman–Crippen LogP) is 3.02. The van der Waals surface area contributed by atoms with Crippen LogP contribution in [0, 0.1) is 0 Å². The van der Waals surface area contributed by atoms with Crippen LogP contribution in [0.3, 0.4) is 0 Å². The minimum Gasteiger partial charge on any atom is -0.368 e. The lowest BCUT2D eigenvalue weighted by Gasteiger charge is -2.36. The monoisotopic (exact) mass is 335 g/mol. The lowest BCUT2D eigenvalue weighted by Crippen LogP contribution is -2.49.